The van der Waals surface area contributed by atoms with Crippen LogP contribution in [0.25, 0.3) is 22.2 Å². The number of para-hydroxylation sites is 1. The van der Waals surface area contributed by atoms with E-state index in [1.165, 1.54) is 24.5 Å². The zero-order valence-corrected chi connectivity index (χ0v) is 17.5. The lowest BCUT2D eigenvalue weighted by Gasteiger charge is -2.11. The van der Waals surface area contributed by atoms with Crippen LogP contribution in [-0.2, 0) is 6.18 Å². The summed E-state index contributed by atoms with van der Waals surface area (Å²) in [6.07, 6.45) is -4.26. The van der Waals surface area contributed by atoms with Crippen LogP contribution in [0.5, 0.6) is 11.6 Å². The topological polar surface area (TPSA) is 109 Å². The van der Waals surface area contributed by atoms with Crippen molar-refractivity contribution in [2.24, 2.45) is 0 Å². The third-order valence-electron chi connectivity index (χ3n) is 4.76. The average Bonchev–Trinajstić information content (AvgIpc) is 2.82. The number of carboxylic acid groups (broad SMARTS) is 1. The minimum absolute atomic E-state index is 0.197. The van der Waals surface area contributed by atoms with Crippen molar-refractivity contribution in [1.29, 1.82) is 0 Å². The summed E-state index contributed by atoms with van der Waals surface area (Å²) in [4.78, 5) is 23.3. The normalized spacial score (nSPS) is 11.3. The zero-order valence-electron chi connectivity index (χ0n) is 17.5. The van der Waals surface area contributed by atoms with Gasteiger partial charge in [0.2, 0.25) is 5.88 Å². The minimum atomic E-state index is -4.42. The van der Waals surface area contributed by atoms with Crippen molar-refractivity contribution in [2.45, 2.75) is 6.18 Å². The molecular weight excluding hydrogens is 451 g/mol. The second kappa shape index (κ2) is 9.61. The number of carbonyl (C=O) groups is 1. The van der Waals surface area contributed by atoms with Crippen LogP contribution in [0.4, 0.5) is 23.8 Å². The summed E-state index contributed by atoms with van der Waals surface area (Å²) in [6.45, 7) is 0.553. The van der Waals surface area contributed by atoms with Crippen molar-refractivity contribution in [1.82, 2.24) is 20.3 Å². The molecule has 4 aromatic rings. The van der Waals surface area contributed by atoms with Gasteiger partial charge in [0.25, 0.3) is 0 Å². The molecule has 0 aliphatic rings. The summed E-state index contributed by atoms with van der Waals surface area (Å²) in [5.74, 6) is 1.15. The number of halogens is 3. The number of hydrogen-bond acceptors (Lipinski definition) is 6. The highest BCUT2D eigenvalue weighted by Gasteiger charge is 2.30. The van der Waals surface area contributed by atoms with Gasteiger partial charge in [0, 0.05) is 30.1 Å². The molecule has 2 heterocycles. The van der Waals surface area contributed by atoms with E-state index in [2.05, 4.69) is 25.6 Å². The van der Waals surface area contributed by atoms with Gasteiger partial charge in [-0.2, -0.15) is 13.2 Å². The molecule has 11 heteroatoms. The highest BCUT2D eigenvalue weighted by atomic mass is 19.4. The maximum Gasteiger partial charge on any atom is 0.416 e. The molecule has 3 N–H and O–H groups in total. The predicted octanol–water partition coefficient (Wildman–Crippen LogP) is 5.18. The van der Waals surface area contributed by atoms with Crippen LogP contribution in [0.15, 0.2) is 67.0 Å². The van der Waals surface area contributed by atoms with Gasteiger partial charge in [0.05, 0.1) is 11.3 Å². The number of alkyl halides is 3. The maximum absolute atomic E-state index is 12.8. The number of nitrogens with one attached hydrogen (secondary N) is 2. The molecule has 0 saturated carbocycles. The number of nitrogens with zero attached hydrogens (tertiary/aromatic N) is 3. The Bertz CT molecular complexity index is 1310. The average molecular weight is 469 g/mol. The van der Waals surface area contributed by atoms with E-state index < -0.39 is 17.8 Å². The van der Waals surface area contributed by atoms with Crippen molar-refractivity contribution in [3.8, 4) is 22.9 Å². The van der Waals surface area contributed by atoms with E-state index in [-0.39, 0.29) is 12.4 Å². The van der Waals surface area contributed by atoms with E-state index >= 15 is 0 Å². The number of aromatic nitrogens is 3. The standard InChI is InChI=1S/C23H18F3N5O3/c24-23(25,26)16-7-4-14(5-8-16)17-12-20(30-13-29-17)34-18-3-1-2-15-6-9-19(31-21(15)18)27-10-11-28-22(32)33/h1-9,12-13,28H,10-11H2,(H,27,31)(H,32,33). The van der Waals surface area contributed by atoms with Gasteiger partial charge in [0.15, 0.2) is 5.75 Å². The molecule has 1 amide bonds. The predicted molar refractivity (Wildman–Crippen MR) is 119 cm³/mol. The molecule has 0 aliphatic heterocycles. The van der Waals surface area contributed by atoms with Gasteiger partial charge in [0.1, 0.15) is 17.7 Å². The van der Waals surface area contributed by atoms with Crippen LogP contribution in [0.2, 0.25) is 0 Å². The first-order valence-electron chi connectivity index (χ1n) is 10.1. The van der Waals surface area contributed by atoms with Crippen molar-refractivity contribution in [2.75, 3.05) is 18.4 Å². The Balaban J connectivity index is 1.55. The third kappa shape index (κ3) is 5.49. The Morgan fingerprint density at radius 3 is 2.53 bits per heavy atom. The summed E-state index contributed by atoms with van der Waals surface area (Å²) in [5.41, 5.74) is 0.693. The van der Waals surface area contributed by atoms with Crippen LogP contribution in [0.1, 0.15) is 5.56 Å². The van der Waals surface area contributed by atoms with E-state index in [1.54, 1.807) is 18.2 Å². The second-order valence-corrected chi connectivity index (χ2v) is 7.10. The first kappa shape index (κ1) is 22.8. The number of pyridine rings is 1. The Kier molecular flexibility index (Phi) is 6.44. The first-order chi connectivity index (χ1) is 16.3. The Hall–Kier alpha value is -4.41. The Labute approximate surface area is 191 Å². The number of amides is 1. The summed E-state index contributed by atoms with van der Waals surface area (Å²) < 4.78 is 44.4. The van der Waals surface area contributed by atoms with Crippen molar-refractivity contribution in [3.05, 3.63) is 72.6 Å². The Morgan fingerprint density at radius 2 is 1.79 bits per heavy atom. The highest BCUT2D eigenvalue weighted by Crippen LogP contribution is 2.32. The molecule has 4 rings (SSSR count). The molecule has 0 spiro atoms. The van der Waals surface area contributed by atoms with Gasteiger partial charge < -0.3 is 20.5 Å². The fraction of sp³-hybridized carbons (Fsp3) is 0.130. The number of hydrogen-bond donors (Lipinski definition) is 3. The molecule has 0 fully saturated rings. The van der Waals surface area contributed by atoms with Gasteiger partial charge >= 0.3 is 12.3 Å². The third-order valence-corrected chi connectivity index (χ3v) is 4.76. The second-order valence-electron chi connectivity index (χ2n) is 7.10. The lowest BCUT2D eigenvalue weighted by Crippen LogP contribution is -2.27. The van der Waals surface area contributed by atoms with E-state index in [0.29, 0.717) is 34.9 Å². The molecule has 174 valence electrons. The van der Waals surface area contributed by atoms with Gasteiger partial charge in [-0.25, -0.2) is 19.7 Å². The monoisotopic (exact) mass is 469 g/mol. The number of anilines is 1. The first-order valence-corrected chi connectivity index (χ1v) is 10.1. The molecule has 0 radical (unpaired) electrons. The fourth-order valence-corrected chi connectivity index (χ4v) is 3.16. The summed E-state index contributed by atoms with van der Waals surface area (Å²) in [6, 6.07) is 15.2. The SMILES string of the molecule is O=C(O)NCCNc1ccc2cccc(Oc3cc(-c4ccc(C(F)(F)F)cc4)ncn3)c2n1. The van der Waals surface area contributed by atoms with Gasteiger partial charge in [-0.3, -0.25) is 0 Å². The van der Waals surface area contributed by atoms with Gasteiger partial charge in [-0.15, -0.1) is 0 Å². The molecule has 0 saturated heterocycles. The van der Waals surface area contributed by atoms with Crippen molar-refractivity contribution < 1.29 is 27.8 Å². The smallest absolute Gasteiger partial charge is 0.416 e. The van der Waals surface area contributed by atoms with E-state index in [0.717, 1.165) is 17.5 Å². The minimum Gasteiger partial charge on any atom is -0.465 e. The molecular formula is C23H18F3N5O3. The van der Waals surface area contributed by atoms with E-state index in [4.69, 9.17) is 9.84 Å². The lowest BCUT2D eigenvalue weighted by molar-refractivity contribution is -0.137. The Morgan fingerprint density at radius 1 is 1.00 bits per heavy atom. The summed E-state index contributed by atoms with van der Waals surface area (Å²) in [7, 11) is 0. The molecule has 0 atom stereocenters. The molecule has 2 aromatic heterocycles. The van der Waals surface area contributed by atoms with E-state index in [9.17, 15) is 18.0 Å². The maximum atomic E-state index is 12.8. The summed E-state index contributed by atoms with van der Waals surface area (Å²) in [5, 5.41) is 14.7. The lowest BCUT2D eigenvalue weighted by atomic mass is 10.1. The van der Waals surface area contributed by atoms with E-state index in [1.807, 2.05) is 12.1 Å². The van der Waals surface area contributed by atoms with Crippen molar-refractivity contribution >= 4 is 22.8 Å². The van der Waals surface area contributed by atoms with Crippen LogP contribution in [0.3, 0.4) is 0 Å². The zero-order chi connectivity index (χ0) is 24.1. The van der Waals surface area contributed by atoms with Gasteiger partial charge in [-0.05, 0) is 30.3 Å². The number of ether oxygens (including phenoxy) is 1. The molecule has 0 aliphatic carbocycles. The molecule has 8 nitrogen and oxygen atoms in total. The largest absolute Gasteiger partial charge is 0.465 e. The molecule has 0 bridgehead atoms. The number of benzene rings is 2. The molecule has 34 heavy (non-hydrogen) atoms. The number of fused-ring (bicyclic) bond motifs is 1. The van der Waals surface area contributed by atoms with Crippen molar-refractivity contribution in [3.63, 3.8) is 0 Å². The van der Waals surface area contributed by atoms with Gasteiger partial charge in [-0.1, -0.05) is 24.3 Å². The van der Waals surface area contributed by atoms with Crippen LogP contribution >= 0.6 is 0 Å². The van der Waals surface area contributed by atoms with Crippen LogP contribution in [0, 0.1) is 0 Å². The fourth-order valence-electron chi connectivity index (χ4n) is 3.16. The molecule has 2 aromatic carbocycles. The molecule has 0 unspecified atom stereocenters. The van der Waals surface area contributed by atoms with Crippen LogP contribution in [-0.4, -0.2) is 39.2 Å². The summed E-state index contributed by atoms with van der Waals surface area (Å²) >= 11 is 0. The highest BCUT2D eigenvalue weighted by molar-refractivity contribution is 5.86. The number of rotatable bonds is 7. The van der Waals surface area contributed by atoms with Crippen LogP contribution < -0.4 is 15.4 Å². The quantitative estimate of drug-likeness (QED) is 0.320.